The molecule has 0 unspecified atom stereocenters. The number of amides is 1. The molecule has 0 saturated carbocycles. The van der Waals surface area contributed by atoms with Gasteiger partial charge in [0, 0.05) is 19.7 Å². The van der Waals surface area contributed by atoms with E-state index in [1.165, 1.54) is 45.6 Å². The minimum atomic E-state index is -3.98. The molecular weight excluding hydrogens is 412 g/mol. The SMILES string of the molecule is CCOc1ccc(S(=O)(=O)Nc2cc(OC)c(OC)cc2C(=O)NCCOC)cc1. The summed E-state index contributed by atoms with van der Waals surface area (Å²) in [5.74, 6) is 0.631. The van der Waals surface area contributed by atoms with Gasteiger partial charge in [-0.3, -0.25) is 9.52 Å². The lowest BCUT2D eigenvalue weighted by atomic mass is 10.1. The molecule has 0 aliphatic heterocycles. The van der Waals surface area contributed by atoms with E-state index in [0.717, 1.165) is 0 Å². The van der Waals surface area contributed by atoms with Gasteiger partial charge in [-0.25, -0.2) is 8.42 Å². The molecule has 0 fully saturated rings. The van der Waals surface area contributed by atoms with E-state index in [1.807, 2.05) is 6.92 Å². The van der Waals surface area contributed by atoms with Crippen LogP contribution < -0.4 is 24.2 Å². The predicted octanol–water partition coefficient (Wildman–Crippen LogP) is 2.28. The van der Waals surface area contributed by atoms with Crippen LogP contribution >= 0.6 is 0 Å². The van der Waals surface area contributed by atoms with Gasteiger partial charge < -0.3 is 24.3 Å². The summed E-state index contributed by atoms with van der Waals surface area (Å²) in [6.45, 7) is 2.88. The van der Waals surface area contributed by atoms with Gasteiger partial charge in [-0.1, -0.05) is 0 Å². The van der Waals surface area contributed by atoms with Crippen molar-refractivity contribution in [3.05, 3.63) is 42.0 Å². The number of sulfonamides is 1. The van der Waals surface area contributed by atoms with Gasteiger partial charge >= 0.3 is 0 Å². The van der Waals surface area contributed by atoms with Crippen molar-refractivity contribution < 1.29 is 32.2 Å². The van der Waals surface area contributed by atoms with Crippen LogP contribution in [-0.4, -0.2) is 55.4 Å². The van der Waals surface area contributed by atoms with E-state index >= 15 is 0 Å². The normalized spacial score (nSPS) is 10.9. The molecule has 0 aromatic heterocycles. The molecule has 2 aromatic carbocycles. The lowest BCUT2D eigenvalue weighted by Gasteiger charge is -2.16. The Hall–Kier alpha value is -2.98. The molecule has 2 aromatic rings. The number of hydrogen-bond donors (Lipinski definition) is 2. The highest BCUT2D eigenvalue weighted by atomic mass is 32.2. The summed E-state index contributed by atoms with van der Waals surface area (Å²) in [6.07, 6.45) is 0. The molecule has 2 N–H and O–H groups in total. The fraction of sp³-hybridized carbons (Fsp3) is 0.350. The first-order chi connectivity index (χ1) is 14.4. The Balaban J connectivity index is 2.40. The fourth-order valence-corrected chi connectivity index (χ4v) is 3.67. The topological polar surface area (TPSA) is 112 Å². The monoisotopic (exact) mass is 438 g/mol. The number of methoxy groups -OCH3 is 3. The van der Waals surface area contributed by atoms with Crippen molar-refractivity contribution >= 4 is 21.6 Å². The summed E-state index contributed by atoms with van der Waals surface area (Å²) < 4.78 is 49.0. The number of carbonyl (C=O) groups is 1. The van der Waals surface area contributed by atoms with E-state index in [0.29, 0.717) is 24.7 Å². The zero-order chi connectivity index (χ0) is 22.1. The number of hydrogen-bond acceptors (Lipinski definition) is 7. The number of nitrogens with one attached hydrogen (secondary N) is 2. The zero-order valence-electron chi connectivity index (χ0n) is 17.4. The summed E-state index contributed by atoms with van der Waals surface area (Å²) in [5, 5.41) is 2.66. The number of benzene rings is 2. The number of anilines is 1. The summed E-state index contributed by atoms with van der Waals surface area (Å²) >= 11 is 0. The highest BCUT2D eigenvalue weighted by molar-refractivity contribution is 7.92. The van der Waals surface area contributed by atoms with Crippen molar-refractivity contribution in [1.29, 1.82) is 0 Å². The third-order valence-corrected chi connectivity index (χ3v) is 5.43. The molecule has 0 aliphatic carbocycles. The van der Waals surface area contributed by atoms with Crippen LogP contribution in [0.3, 0.4) is 0 Å². The van der Waals surface area contributed by atoms with Crippen molar-refractivity contribution in [2.45, 2.75) is 11.8 Å². The third kappa shape index (κ3) is 5.77. The standard InChI is InChI=1S/C20H26N2O7S/c1-5-29-14-6-8-15(9-7-14)30(24,25)22-17-13-19(28-4)18(27-3)12-16(17)20(23)21-10-11-26-2/h6-9,12-13,22H,5,10-11H2,1-4H3,(H,21,23). The van der Waals surface area contributed by atoms with Crippen molar-refractivity contribution in [2.24, 2.45) is 0 Å². The van der Waals surface area contributed by atoms with Crippen LogP contribution in [0.2, 0.25) is 0 Å². The van der Waals surface area contributed by atoms with Gasteiger partial charge in [0.1, 0.15) is 5.75 Å². The smallest absolute Gasteiger partial charge is 0.261 e. The number of ether oxygens (including phenoxy) is 4. The Morgan fingerprint density at radius 1 is 1.00 bits per heavy atom. The third-order valence-electron chi connectivity index (χ3n) is 4.05. The Kier molecular flexibility index (Phi) is 8.31. The van der Waals surface area contributed by atoms with Crippen LogP contribution in [0.1, 0.15) is 17.3 Å². The molecule has 1 amide bonds. The molecule has 0 atom stereocenters. The quantitative estimate of drug-likeness (QED) is 0.518. The average Bonchev–Trinajstić information content (AvgIpc) is 2.73. The molecule has 0 heterocycles. The van der Waals surface area contributed by atoms with Crippen LogP contribution in [0.15, 0.2) is 41.3 Å². The van der Waals surface area contributed by atoms with E-state index in [-0.39, 0.29) is 28.4 Å². The van der Waals surface area contributed by atoms with E-state index in [2.05, 4.69) is 10.0 Å². The second-order valence-electron chi connectivity index (χ2n) is 6.01. The Bertz CT molecular complexity index is 960. The van der Waals surface area contributed by atoms with E-state index in [4.69, 9.17) is 18.9 Å². The van der Waals surface area contributed by atoms with Gasteiger partial charge in [0.05, 0.1) is 43.6 Å². The fourth-order valence-electron chi connectivity index (χ4n) is 2.60. The van der Waals surface area contributed by atoms with Gasteiger partial charge in [0.15, 0.2) is 11.5 Å². The predicted molar refractivity (Wildman–Crippen MR) is 112 cm³/mol. The van der Waals surface area contributed by atoms with Crippen LogP contribution in [0.5, 0.6) is 17.2 Å². The molecule has 10 heteroatoms. The van der Waals surface area contributed by atoms with Crippen molar-refractivity contribution in [1.82, 2.24) is 5.32 Å². The summed E-state index contributed by atoms with van der Waals surface area (Å²) in [7, 11) is 0.378. The van der Waals surface area contributed by atoms with Gasteiger partial charge in [-0.05, 0) is 37.3 Å². The molecule has 0 spiro atoms. The zero-order valence-corrected chi connectivity index (χ0v) is 18.2. The van der Waals surface area contributed by atoms with Crippen LogP contribution in [-0.2, 0) is 14.8 Å². The molecule has 2 rings (SSSR count). The summed E-state index contributed by atoms with van der Waals surface area (Å²) in [5.41, 5.74) is 0.134. The van der Waals surface area contributed by atoms with Gasteiger partial charge in [0.25, 0.3) is 15.9 Å². The van der Waals surface area contributed by atoms with Crippen molar-refractivity contribution in [2.75, 3.05) is 45.8 Å². The van der Waals surface area contributed by atoms with Gasteiger partial charge in [-0.15, -0.1) is 0 Å². The summed E-state index contributed by atoms with van der Waals surface area (Å²) in [6, 6.07) is 8.78. The van der Waals surface area contributed by atoms with Crippen LogP contribution in [0, 0.1) is 0 Å². The van der Waals surface area contributed by atoms with E-state index in [1.54, 1.807) is 12.1 Å². The largest absolute Gasteiger partial charge is 0.494 e. The second kappa shape index (κ2) is 10.7. The highest BCUT2D eigenvalue weighted by Gasteiger charge is 2.22. The van der Waals surface area contributed by atoms with Crippen molar-refractivity contribution in [3.63, 3.8) is 0 Å². The minimum Gasteiger partial charge on any atom is -0.494 e. The number of rotatable bonds is 11. The average molecular weight is 439 g/mol. The molecule has 30 heavy (non-hydrogen) atoms. The number of carbonyl (C=O) groups excluding carboxylic acids is 1. The molecular formula is C20H26N2O7S. The van der Waals surface area contributed by atoms with Gasteiger partial charge in [0.2, 0.25) is 0 Å². The molecule has 9 nitrogen and oxygen atoms in total. The molecule has 164 valence electrons. The van der Waals surface area contributed by atoms with Crippen LogP contribution in [0.4, 0.5) is 5.69 Å². The Morgan fingerprint density at radius 2 is 1.63 bits per heavy atom. The maximum Gasteiger partial charge on any atom is 0.261 e. The Morgan fingerprint density at radius 3 is 2.20 bits per heavy atom. The van der Waals surface area contributed by atoms with Crippen molar-refractivity contribution in [3.8, 4) is 17.2 Å². The lowest BCUT2D eigenvalue weighted by Crippen LogP contribution is -2.28. The second-order valence-corrected chi connectivity index (χ2v) is 7.69. The molecule has 0 saturated heterocycles. The molecule has 0 aliphatic rings. The first kappa shape index (κ1) is 23.3. The van der Waals surface area contributed by atoms with E-state index < -0.39 is 15.9 Å². The Labute approximate surface area is 176 Å². The molecule has 0 bridgehead atoms. The van der Waals surface area contributed by atoms with E-state index in [9.17, 15) is 13.2 Å². The maximum atomic E-state index is 12.9. The highest BCUT2D eigenvalue weighted by Crippen LogP contribution is 2.34. The maximum absolute atomic E-state index is 12.9. The van der Waals surface area contributed by atoms with Gasteiger partial charge in [-0.2, -0.15) is 0 Å². The van der Waals surface area contributed by atoms with Crippen LogP contribution in [0.25, 0.3) is 0 Å². The molecule has 0 radical (unpaired) electrons. The minimum absolute atomic E-state index is 0.0199. The first-order valence-corrected chi connectivity index (χ1v) is 10.6. The summed E-state index contributed by atoms with van der Waals surface area (Å²) in [4.78, 5) is 12.7. The first-order valence-electron chi connectivity index (χ1n) is 9.15. The lowest BCUT2D eigenvalue weighted by molar-refractivity contribution is 0.0937.